The van der Waals surface area contributed by atoms with E-state index in [0.717, 1.165) is 36.9 Å². The largest absolute Gasteiger partial charge is 0.460 e. The molecule has 0 amide bonds. The first-order chi connectivity index (χ1) is 10.1. The van der Waals surface area contributed by atoms with E-state index < -0.39 is 0 Å². The third-order valence-corrected chi connectivity index (χ3v) is 5.04. The number of hydrogen-bond acceptors (Lipinski definition) is 4. The van der Waals surface area contributed by atoms with Crippen LogP contribution < -0.4 is 10.1 Å². The number of rotatable bonds is 5. The smallest absolute Gasteiger partial charge is 0.316 e. The van der Waals surface area contributed by atoms with Crippen LogP contribution in [0.2, 0.25) is 0 Å². The van der Waals surface area contributed by atoms with Crippen LogP contribution in [-0.2, 0) is 6.54 Å². The van der Waals surface area contributed by atoms with Gasteiger partial charge in [0, 0.05) is 30.0 Å². The summed E-state index contributed by atoms with van der Waals surface area (Å²) in [6.45, 7) is 7.57. The van der Waals surface area contributed by atoms with Gasteiger partial charge in [0.2, 0.25) is 0 Å². The van der Waals surface area contributed by atoms with Gasteiger partial charge in [-0.05, 0) is 50.9 Å². The van der Waals surface area contributed by atoms with Crippen LogP contribution in [0.3, 0.4) is 0 Å². The fourth-order valence-corrected chi connectivity index (χ4v) is 3.00. The molecule has 0 bridgehead atoms. The molecule has 0 aromatic carbocycles. The minimum absolute atomic E-state index is 0.283. The van der Waals surface area contributed by atoms with Crippen molar-refractivity contribution in [1.29, 1.82) is 0 Å². The maximum Gasteiger partial charge on any atom is 0.316 e. The number of nitrogens with zero attached hydrogens (tertiary/aromatic N) is 2. The second kappa shape index (κ2) is 6.30. The molecule has 21 heavy (non-hydrogen) atoms. The molecular formula is C17H27N3O. The van der Waals surface area contributed by atoms with Crippen LogP contribution in [0.25, 0.3) is 0 Å². The molecule has 2 aliphatic carbocycles. The summed E-state index contributed by atoms with van der Waals surface area (Å²) in [4.78, 5) is 8.94. The summed E-state index contributed by atoms with van der Waals surface area (Å²) < 4.78 is 6.01. The predicted molar refractivity (Wildman–Crippen MR) is 83.2 cm³/mol. The molecular weight excluding hydrogens is 262 g/mol. The Bertz CT molecular complexity index is 487. The summed E-state index contributed by atoms with van der Waals surface area (Å²) >= 11 is 0. The van der Waals surface area contributed by atoms with E-state index in [0.29, 0.717) is 12.1 Å². The lowest BCUT2D eigenvalue weighted by atomic mass is 9.80. The highest BCUT2D eigenvalue weighted by Crippen LogP contribution is 2.31. The lowest BCUT2D eigenvalue weighted by molar-refractivity contribution is 0.0916. The fourth-order valence-electron chi connectivity index (χ4n) is 3.00. The molecule has 4 nitrogen and oxygen atoms in total. The number of hydrogen-bond donors (Lipinski definition) is 1. The average molecular weight is 289 g/mol. The van der Waals surface area contributed by atoms with Crippen LogP contribution in [0.1, 0.15) is 57.2 Å². The van der Waals surface area contributed by atoms with Crippen LogP contribution in [0, 0.1) is 18.8 Å². The van der Waals surface area contributed by atoms with Gasteiger partial charge in [0.1, 0.15) is 6.10 Å². The summed E-state index contributed by atoms with van der Waals surface area (Å²) in [7, 11) is 0. The van der Waals surface area contributed by atoms with Gasteiger partial charge in [0.25, 0.3) is 0 Å². The molecule has 3 unspecified atom stereocenters. The highest BCUT2D eigenvalue weighted by molar-refractivity contribution is 5.18. The van der Waals surface area contributed by atoms with Gasteiger partial charge in [-0.15, -0.1) is 0 Å². The Morgan fingerprint density at radius 1 is 1.19 bits per heavy atom. The Morgan fingerprint density at radius 2 is 2.00 bits per heavy atom. The van der Waals surface area contributed by atoms with Crippen LogP contribution in [0.4, 0.5) is 0 Å². The normalized spacial score (nSPS) is 29.4. The number of aromatic nitrogens is 2. The second-order valence-electron chi connectivity index (χ2n) is 6.93. The van der Waals surface area contributed by atoms with E-state index in [4.69, 9.17) is 4.74 Å². The maximum absolute atomic E-state index is 6.01. The minimum Gasteiger partial charge on any atom is -0.460 e. The fraction of sp³-hybridized carbons (Fsp3) is 0.765. The summed E-state index contributed by atoms with van der Waals surface area (Å²) in [5.74, 6) is 1.54. The Labute approximate surface area is 127 Å². The molecule has 2 saturated carbocycles. The molecule has 2 aliphatic rings. The van der Waals surface area contributed by atoms with Gasteiger partial charge in [-0.2, -0.15) is 0 Å². The highest BCUT2D eigenvalue weighted by atomic mass is 16.5. The predicted octanol–water partition coefficient (Wildman–Crippen LogP) is 3.24. The molecule has 3 atom stereocenters. The van der Waals surface area contributed by atoms with Crippen molar-refractivity contribution in [3.05, 3.63) is 17.5 Å². The van der Waals surface area contributed by atoms with Gasteiger partial charge in [-0.25, -0.2) is 9.97 Å². The third kappa shape index (κ3) is 3.94. The monoisotopic (exact) mass is 289 g/mol. The topological polar surface area (TPSA) is 47.0 Å². The second-order valence-corrected chi connectivity index (χ2v) is 6.93. The van der Waals surface area contributed by atoms with Crippen LogP contribution in [0.5, 0.6) is 6.01 Å². The Hall–Kier alpha value is -1.16. The molecule has 116 valence electrons. The van der Waals surface area contributed by atoms with Crippen molar-refractivity contribution in [3.63, 3.8) is 0 Å². The zero-order valence-electron chi connectivity index (χ0n) is 13.4. The molecule has 0 spiro atoms. The van der Waals surface area contributed by atoms with E-state index in [1.807, 2.05) is 13.1 Å². The first kappa shape index (κ1) is 14.8. The zero-order valence-corrected chi connectivity index (χ0v) is 13.4. The van der Waals surface area contributed by atoms with Crippen LogP contribution >= 0.6 is 0 Å². The Balaban J connectivity index is 1.56. The number of ether oxygens (including phenoxy) is 1. The third-order valence-electron chi connectivity index (χ3n) is 5.04. The summed E-state index contributed by atoms with van der Waals surface area (Å²) in [6.07, 6.45) is 8.30. The van der Waals surface area contributed by atoms with Crippen molar-refractivity contribution >= 4 is 0 Å². The SMILES string of the molecule is Cc1nc(OC2CCC(C)C(C)C2)ncc1CNC1CC1. The van der Waals surface area contributed by atoms with E-state index in [2.05, 4.69) is 29.1 Å². The first-order valence-electron chi connectivity index (χ1n) is 8.34. The van der Waals surface area contributed by atoms with Gasteiger partial charge >= 0.3 is 6.01 Å². The van der Waals surface area contributed by atoms with Gasteiger partial charge in [0.05, 0.1) is 0 Å². The quantitative estimate of drug-likeness (QED) is 0.904. The minimum atomic E-state index is 0.283. The number of nitrogens with one attached hydrogen (secondary N) is 1. The standard InChI is InChI=1S/C17H27N3O/c1-11-4-7-16(8-12(11)2)21-17-19-10-14(13(3)20-17)9-18-15-5-6-15/h10-12,15-16,18H,4-9H2,1-3H3. The van der Waals surface area contributed by atoms with Gasteiger partial charge in [-0.1, -0.05) is 13.8 Å². The molecule has 1 aromatic heterocycles. The molecule has 1 aromatic rings. The van der Waals surface area contributed by atoms with Gasteiger partial charge in [-0.3, -0.25) is 0 Å². The average Bonchev–Trinajstić information content (AvgIpc) is 3.26. The molecule has 2 fully saturated rings. The Kier molecular flexibility index (Phi) is 4.43. The van der Waals surface area contributed by atoms with Crippen molar-refractivity contribution in [2.45, 2.75) is 71.6 Å². The van der Waals surface area contributed by atoms with Gasteiger partial charge in [0.15, 0.2) is 0 Å². The molecule has 3 rings (SSSR count). The molecule has 4 heteroatoms. The lowest BCUT2D eigenvalue weighted by Gasteiger charge is -2.31. The van der Waals surface area contributed by atoms with E-state index >= 15 is 0 Å². The van der Waals surface area contributed by atoms with Gasteiger partial charge < -0.3 is 10.1 Å². The van der Waals surface area contributed by atoms with Crippen LogP contribution in [-0.4, -0.2) is 22.1 Å². The molecule has 0 aliphatic heterocycles. The van der Waals surface area contributed by atoms with Crippen molar-refractivity contribution in [2.24, 2.45) is 11.8 Å². The highest BCUT2D eigenvalue weighted by Gasteiger charge is 2.26. The van der Waals surface area contributed by atoms with E-state index in [1.54, 1.807) is 0 Å². The van der Waals surface area contributed by atoms with E-state index in [-0.39, 0.29) is 6.10 Å². The molecule has 1 heterocycles. The maximum atomic E-state index is 6.01. The van der Waals surface area contributed by atoms with E-state index in [1.165, 1.54) is 24.8 Å². The summed E-state index contributed by atoms with van der Waals surface area (Å²) in [6, 6.07) is 1.26. The first-order valence-corrected chi connectivity index (χ1v) is 8.34. The van der Waals surface area contributed by atoms with Crippen molar-refractivity contribution in [1.82, 2.24) is 15.3 Å². The van der Waals surface area contributed by atoms with Crippen molar-refractivity contribution < 1.29 is 4.74 Å². The Morgan fingerprint density at radius 3 is 2.67 bits per heavy atom. The van der Waals surface area contributed by atoms with Crippen molar-refractivity contribution in [2.75, 3.05) is 0 Å². The zero-order chi connectivity index (χ0) is 14.8. The molecule has 1 N–H and O–H groups in total. The molecule has 0 radical (unpaired) electrons. The number of aryl methyl sites for hydroxylation is 1. The lowest BCUT2D eigenvalue weighted by Crippen LogP contribution is -2.29. The van der Waals surface area contributed by atoms with E-state index in [9.17, 15) is 0 Å². The van der Waals surface area contributed by atoms with Crippen molar-refractivity contribution in [3.8, 4) is 6.01 Å². The molecule has 0 saturated heterocycles. The summed E-state index contributed by atoms with van der Waals surface area (Å²) in [5, 5.41) is 3.50. The van der Waals surface area contributed by atoms with Crippen LogP contribution in [0.15, 0.2) is 6.20 Å². The summed E-state index contributed by atoms with van der Waals surface area (Å²) in [5.41, 5.74) is 2.21.